The maximum absolute atomic E-state index is 12.9. The van der Waals surface area contributed by atoms with E-state index in [0.717, 1.165) is 22.9 Å². The molecule has 4 rings (SSSR count). The van der Waals surface area contributed by atoms with Crippen LogP contribution in [0.5, 0.6) is 5.75 Å². The zero-order valence-electron chi connectivity index (χ0n) is 17.5. The second-order valence-corrected chi connectivity index (χ2v) is 7.04. The monoisotopic (exact) mass is 456 g/mol. The maximum Gasteiger partial charge on any atom is 0.344 e. The van der Waals surface area contributed by atoms with Gasteiger partial charge in [-0.2, -0.15) is 5.10 Å². The second kappa shape index (κ2) is 9.57. The number of nitrogens with one attached hydrogen (secondary N) is 1. The van der Waals surface area contributed by atoms with E-state index in [9.17, 15) is 25.0 Å². The molecule has 0 heterocycles. The van der Waals surface area contributed by atoms with E-state index in [-0.39, 0.29) is 11.4 Å². The van der Waals surface area contributed by atoms with Crippen molar-refractivity contribution in [2.24, 2.45) is 5.10 Å². The number of carbonyl (C=O) groups is 1. The quantitative estimate of drug-likeness (QED) is 0.131. The van der Waals surface area contributed by atoms with Crippen molar-refractivity contribution in [3.63, 3.8) is 0 Å². The van der Waals surface area contributed by atoms with Crippen molar-refractivity contribution in [2.75, 3.05) is 5.43 Å². The summed E-state index contributed by atoms with van der Waals surface area (Å²) in [6.45, 7) is 0. The molecule has 10 heteroatoms. The van der Waals surface area contributed by atoms with Gasteiger partial charge in [0.25, 0.3) is 5.69 Å². The molecular weight excluding hydrogens is 440 g/mol. The summed E-state index contributed by atoms with van der Waals surface area (Å²) in [6.07, 6.45) is 1.33. The lowest BCUT2D eigenvalue weighted by Crippen LogP contribution is -2.10. The SMILES string of the molecule is O=C(Oc1ccccc1/C=N\Nc1ccc([N+](=O)[O-])cc1[N+](=O)[O-])c1cccc2ccccc12. The number of carbonyl (C=O) groups excluding carboxylic acids is 1. The van der Waals surface area contributed by atoms with Crippen LogP contribution in [0.2, 0.25) is 0 Å². The molecule has 0 aromatic heterocycles. The van der Waals surface area contributed by atoms with Crippen molar-refractivity contribution >= 4 is 40.0 Å². The van der Waals surface area contributed by atoms with E-state index in [0.29, 0.717) is 11.1 Å². The molecule has 0 aliphatic heterocycles. The number of ether oxygens (including phenoxy) is 1. The van der Waals surface area contributed by atoms with Crippen molar-refractivity contribution < 1.29 is 19.4 Å². The normalized spacial score (nSPS) is 10.8. The van der Waals surface area contributed by atoms with Crippen molar-refractivity contribution in [1.82, 2.24) is 0 Å². The summed E-state index contributed by atoms with van der Waals surface area (Å²) in [6, 6.07) is 22.6. The van der Waals surface area contributed by atoms with Gasteiger partial charge in [0.1, 0.15) is 11.4 Å². The molecule has 0 spiro atoms. The van der Waals surface area contributed by atoms with E-state index in [1.807, 2.05) is 30.3 Å². The molecule has 0 atom stereocenters. The van der Waals surface area contributed by atoms with Gasteiger partial charge in [0, 0.05) is 11.6 Å². The molecule has 34 heavy (non-hydrogen) atoms. The topological polar surface area (TPSA) is 137 Å². The Bertz CT molecular complexity index is 1450. The van der Waals surface area contributed by atoms with E-state index in [4.69, 9.17) is 4.74 Å². The van der Waals surface area contributed by atoms with Gasteiger partial charge in [-0.25, -0.2) is 4.79 Å². The first-order valence-electron chi connectivity index (χ1n) is 9.95. The molecule has 0 amide bonds. The van der Waals surface area contributed by atoms with Crippen molar-refractivity contribution in [3.05, 3.63) is 116 Å². The standard InChI is InChI=1S/C24H16N4O6/c29-24(20-10-5-8-16-6-1-3-9-19(16)20)34-23-11-4-2-7-17(23)15-25-26-21-13-12-18(27(30)31)14-22(21)28(32)33/h1-15,26H/b25-15-. The van der Waals surface area contributed by atoms with Gasteiger partial charge in [-0.1, -0.05) is 48.5 Å². The van der Waals surface area contributed by atoms with E-state index >= 15 is 0 Å². The fraction of sp³-hybridized carbons (Fsp3) is 0. The molecule has 1 N–H and O–H groups in total. The van der Waals surface area contributed by atoms with E-state index in [1.54, 1.807) is 36.4 Å². The summed E-state index contributed by atoms with van der Waals surface area (Å²) in [4.78, 5) is 33.5. The van der Waals surface area contributed by atoms with Gasteiger partial charge in [-0.3, -0.25) is 25.7 Å². The van der Waals surface area contributed by atoms with Gasteiger partial charge < -0.3 is 4.74 Å². The third-order valence-electron chi connectivity index (χ3n) is 4.91. The molecular formula is C24H16N4O6. The van der Waals surface area contributed by atoms with Crippen LogP contribution in [-0.2, 0) is 0 Å². The third-order valence-corrected chi connectivity index (χ3v) is 4.91. The number of non-ortho nitro benzene ring substituents is 1. The summed E-state index contributed by atoms with van der Waals surface area (Å²) in [5.41, 5.74) is 2.42. The minimum atomic E-state index is -0.745. The van der Waals surface area contributed by atoms with Gasteiger partial charge in [0.05, 0.1) is 27.7 Å². The molecule has 0 fully saturated rings. The highest BCUT2D eigenvalue weighted by molar-refractivity contribution is 6.05. The van der Waals surface area contributed by atoms with Crippen LogP contribution in [-0.4, -0.2) is 22.0 Å². The lowest BCUT2D eigenvalue weighted by atomic mass is 10.0. The highest BCUT2D eigenvalue weighted by Gasteiger charge is 2.19. The smallest absolute Gasteiger partial charge is 0.344 e. The lowest BCUT2D eigenvalue weighted by Gasteiger charge is -2.09. The van der Waals surface area contributed by atoms with E-state index < -0.39 is 27.2 Å². The van der Waals surface area contributed by atoms with Crippen LogP contribution >= 0.6 is 0 Å². The Morgan fingerprint density at radius 1 is 0.882 bits per heavy atom. The highest BCUT2D eigenvalue weighted by atomic mass is 16.6. The number of nitro groups is 2. The predicted octanol–water partition coefficient (Wildman–Crippen LogP) is 5.32. The van der Waals surface area contributed by atoms with Crippen LogP contribution in [0.4, 0.5) is 17.1 Å². The molecule has 10 nitrogen and oxygen atoms in total. The minimum Gasteiger partial charge on any atom is -0.422 e. The number of rotatable bonds is 7. The number of hydrazone groups is 1. The Morgan fingerprint density at radius 2 is 1.62 bits per heavy atom. The number of hydrogen-bond donors (Lipinski definition) is 1. The van der Waals surface area contributed by atoms with Gasteiger partial charge in [0.15, 0.2) is 0 Å². The van der Waals surface area contributed by atoms with Gasteiger partial charge >= 0.3 is 11.7 Å². The molecule has 0 saturated carbocycles. The van der Waals surface area contributed by atoms with Crippen LogP contribution < -0.4 is 10.2 Å². The summed E-state index contributed by atoms with van der Waals surface area (Å²) in [5.74, 6) is -0.305. The van der Waals surface area contributed by atoms with Crippen molar-refractivity contribution in [2.45, 2.75) is 0 Å². The van der Waals surface area contributed by atoms with Crippen molar-refractivity contribution in [3.8, 4) is 5.75 Å². The minimum absolute atomic E-state index is 0.0305. The van der Waals surface area contributed by atoms with Crippen LogP contribution in [0, 0.1) is 20.2 Å². The molecule has 0 aliphatic carbocycles. The molecule has 0 radical (unpaired) electrons. The molecule has 0 aliphatic rings. The van der Waals surface area contributed by atoms with E-state index in [2.05, 4.69) is 10.5 Å². The predicted molar refractivity (Wildman–Crippen MR) is 126 cm³/mol. The first kappa shape index (κ1) is 22.1. The summed E-state index contributed by atoms with van der Waals surface area (Å²) in [7, 11) is 0. The average molecular weight is 456 g/mol. The first-order chi connectivity index (χ1) is 16.4. The van der Waals surface area contributed by atoms with Gasteiger partial charge in [0.2, 0.25) is 0 Å². The molecule has 4 aromatic carbocycles. The zero-order valence-corrected chi connectivity index (χ0v) is 17.5. The Hall–Kier alpha value is -5.12. The molecule has 4 aromatic rings. The van der Waals surface area contributed by atoms with Gasteiger partial charge in [-0.05, 0) is 35.0 Å². The van der Waals surface area contributed by atoms with Crippen LogP contribution in [0.1, 0.15) is 15.9 Å². The number of hydrogen-bond acceptors (Lipinski definition) is 8. The van der Waals surface area contributed by atoms with E-state index in [1.165, 1.54) is 12.3 Å². The van der Waals surface area contributed by atoms with Crippen LogP contribution in [0.15, 0.2) is 90.0 Å². The molecule has 0 saturated heterocycles. The number of benzene rings is 4. The van der Waals surface area contributed by atoms with Crippen LogP contribution in [0.25, 0.3) is 10.8 Å². The fourth-order valence-corrected chi connectivity index (χ4v) is 3.29. The lowest BCUT2D eigenvalue weighted by molar-refractivity contribution is -0.393. The molecule has 168 valence electrons. The average Bonchev–Trinajstić information content (AvgIpc) is 2.84. The number of fused-ring (bicyclic) bond motifs is 1. The largest absolute Gasteiger partial charge is 0.422 e. The number of nitro benzene ring substituents is 2. The number of anilines is 1. The number of nitrogens with zero attached hydrogens (tertiary/aromatic N) is 3. The fourth-order valence-electron chi connectivity index (χ4n) is 3.29. The molecule has 0 unspecified atom stereocenters. The summed E-state index contributed by atoms with van der Waals surface area (Å²) < 4.78 is 5.61. The molecule has 0 bridgehead atoms. The Kier molecular flexibility index (Phi) is 6.22. The van der Waals surface area contributed by atoms with Crippen molar-refractivity contribution in [1.29, 1.82) is 0 Å². The number of para-hydroxylation sites is 1. The van der Waals surface area contributed by atoms with Crippen LogP contribution in [0.3, 0.4) is 0 Å². The zero-order chi connectivity index (χ0) is 24.1. The first-order valence-corrected chi connectivity index (χ1v) is 9.95. The highest BCUT2D eigenvalue weighted by Crippen LogP contribution is 2.29. The number of esters is 1. The Labute approximate surface area is 192 Å². The Morgan fingerprint density at radius 3 is 2.41 bits per heavy atom. The maximum atomic E-state index is 12.9. The Balaban J connectivity index is 1.56. The summed E-state index contributed by atoms with van der Waals surface area (Å²) in [5, 5.41) is 27.8. The third kappa shape index (κ3) is 4.70. The second-order valence-electron chi connectivity index (χ2n) is 7.04. The summed E-state index contributed by atoms with van der Waals surface area (Å²) >= 11 is 0. The van der Waals surface area contributed by atoms with Gasteiger partial charge in [-0.15, -0.1) is 0 Å².